The van der Waals surface area contributed by atoms with E-state index in [2.05, 4.69) is 10.3 Å². The molecule has 132 valence electrons. The second kappa shape index (κ2) is 7.42. The number of hydrogen-bond donors (Lipinski definition) is 3. The van der Waals surface area contributed by atoms with Crippen molar-refractivity contribution in [2.75, 3.05) is 6.54 Å². The Bertz CT molecular complexity index is 978. The van der Waals surface area contributed by atoms with Crippen molar-refractivity contribution in [3.63, 3.8) is 0 Å². The zero-order chi connectivity index (χ0) is 18.7. The molecule has 1 aromatic heterocycles. The van der Waals surface area contributed by atoms with Crippen LogP contribution >= 0.6 is 0 Å². The molecule has 0 bridgehead atoms. The molecule has 0 fully saturated rings. The van der Waals surface area contributed by atoms with Gasteiger partial charge in [0.15, 0.2) is 16.3 Å². The van der Waals surface area contributed by atoms with Gasteiger partial charge in [0.1, 0.15) is 6.54 Å². The number of carbonyl (C=O) groups excluding carboxylic acids is 1. The minimum absolute atomic E-state index is 0.116. The van der Waals surface area contributed by atoms with Crippen LogP contribution in [-0.2, 0) is 16.0 Å². The molecular formula is C18H14N2O5S. The molecule has 3 rings (SSSR count). The lowest BCUT2D eigenvalue weighted by molar-refractivity contribution is -0.135. The first-order valence-electron chi connectivity index (χ1n) is 7.57. The van der Waals surface area contributed by atoms with Crippen molar-refractivity contribution >= 4 is 33.8 Å². The number of pyridine rings is 1. The molecule has 1 amide bonds. The quantitative estimate of drug-likeness (QED) is 0.590. The summed E-state index contributed by atoms with van der Waals surface area (Å²) in [6, 6.07) is 15.2. The number of carboxylic acid groups (broad SMARTS) is 1. The lowest BCUT2D eigenvalue weighted by Crippen LogP contribution is -2.30. The van der Waals surface area contributed by atoms with Crippen LogP contribution in [0.15, 0.2) is 64.5 Å². The Kier molecular flexibility index (Phi) is 5.06. The van der Waals surface area contributed by atoms with Crippen molar-refractivity contribution < 1.29 is 24.4 Å². The van der Waals surface area contributed by atoms with Crippen molar-refractivity contribution in [3.05, 3.63) is 60.3 Å². The third-order valence-corrected chi connectivity index (χ3v) is 4.96. The van der Waals surface area contributed by atoms with E-state index in [9.17, 15) is 19.2 Å². The number of carbonyl (C=O) groups is 2. The standard InChI is InChI=1S/C18H14N2O5S/c21-14(22)10-19-17(24)15-16(23)12-8-4-5-9-13(12)18(20-15)26(25)11-6-2-1-3-7-11/h1-9,23H,10H2,(H,19,24)(H,21,22). The lowest BCUT2D eigenvalue weighted by atomic mass is 10.1. The van der Waals surface area contributed by atoms with E-state index in [4.69, 9.17) is 5.11 Å². The van der Waals surface area contributed by atoms with Gasteiger partial charge >= 0.3 is 5.97 Å². The number of nitrogens with zero attached hydrogens (tertiary/aromatic N) is 1. The number of aromatic nitrogens is 1. The van der Waals surface area contributed by atoms with E-state index in [0.29, 0.717) is 15.7 Å². The number of benzene rings is 2. The summed E-state index contributed by atoms with van der Waals surface area (Å²) in [6.07, 6.45) is 0. The van der Waals surface area contributed by atoms with Crippen LogP contribution < -0.4 is 5.32 Å². The molecule has 26 heavy (non-hydrogen) atoms. The van der Waals surface area contributed by atoms with Crippen LogP contribution in [0.4, 0.5) is 0 Å². The minimum atomic E-state index is -1.69. The maximum Gasteiger partial charge on any atom is 0.322 e. The van der Waals surface area contributed by atoms with E-state index in [1.54, 1.807) is 54.6 Å². The molecule has 0 aliphatic heterocycles. The van der Waals surface area contributed by atoms with Crippen LogP contribution in [0.25, 0.3) is 10.8 Å². The number of nitrogens with one attached hydrogen (secondary N) is 1. The molecule has 0 saturated carbocycles. The SMILES string of the molecule is O=C(O)CNC(=O)c1nc([S+]([O-])c2ccccc2)c2ccccc2c1O. The summed E-state index contributed by atoms with van der Waals surface area (Å²) in [5, 5.41) is 22.1. The van der Waals surface area contributed by atoms with Crippen LogP contribution in [-0.4, -0.2) is 38.2 Å². The first-order chi connectivity index (χ1) is 12.5. The van der Waals surface area contributed by atoms with E-state index in [0.717, 1.165) is 0 Å². The number of amides is 1. The summed E-state index contributed by atoms with van der Waals surface area (Å²) >= 11 is -1.69. The highest BCUT2D eigenvalue weighted by atomic mass is 32.2. The number of carboxylic acids is 1. The van der Waals surface area contributed by atoms with E-state index in [1.807, 2.05) is 0 Å². The van der Waals surface area contributed by atoms with Crippen molar-refractivity contribution in [1.82, 2.24) is 10.3 Å². The fourth-order valence-electron chi connectivity index (χ4n) is 2.41. The van der Waals surface area contributed by atoms with Crippen molar-refractivity contribution in [1.29, 1.82) is 0 Å². The van der Waals surface area contributed by atoms with Crippen molar-refractivity contribution in [2.24, 2.45) is 0 Å². The van der Waals surface area contributed by atoms with Gasteiger partial charge in [0.05, 0.1) is 5.39 Å². The van der Waals surface area contributed by atoms with Gasteiger partial charge in [0.2, 0.25) is 0 Å². The largest absolute Gasteiger partial charge is 0.605 e. The van der Waals surface area contributed by atoms with E-state index in [-0.39, 0.29) is 10.7 Å². The van der Waals surface area contributed by atoms with Gasteiger partial charge in [-0.3, -0.25) is 9.59 Å². The molecule has 0 aliphatic carbocycles. The monoisotopic (exact) mass is 370 g/mol. The number of rotatable bonds is 5. The molecule has 2 aromatic carbocycles. The first kappa shape index (κ1) is 17.7. The molecule has 0 aliphatic rings. The average Bonchev–Trinajstić information content (AvgIpc) is 2.67. The van der Waals surface area contributed by atoms with Gasteiger partial charge in [-0.25, -0.2) is 0 Å². The zero-order valence-electron chi connectivity index (χ0n) is 13.4. The minimum Gasteiger partial charge on any atom is -0.605 e. The van der Waals surface area contributed by atoms with Gasteiger partial charge in [-0.2, -0.15) is 4.98 Å². The van der Waals surface area contributed by atoms with Gasteiger partial charge < -0.3 is 20.1 Å². The molecule has 1 atom stereocenters. The number of hydrogen-bond acceptors (Lipinski definition) is 5. The molecule has 0 saturated heterocycles. The van der Waals surface area contributed by atoms with E-state index < -0.39 is 35.3 Å². The first-order valence-corrected chi connectivity index (χ1v) is 8.72. The fraction of sp³-hybridized carbons (Fsp3) is 0.0556. The molecule has 8 heteroatoms. The van der Waals surface area contributed by atoms with E-state index >= 15 is 0 Å². The Morgan fingerprint density at radius 1 is 1.04 bits per heavy atom. The molecule has 3 aromatic rings. The maximum absolute atomic E-state index is 13.0. The fourth-order valence-corrected chi connectivity index (χ4v) is 3.59. The molecular weight excluding hydrogens is 356 g/mol. The summed E-state index contributed by atoms with van der Waals surface area (Å²) < 4.78 is 13.0. The molecule has 0 radical (unpaired) electrons. The molecule has 7 nitrogen and oxygen atoms in total. The summed E-state index contributed by atoms with van der Waals surface area (Å²) in [5.74, 6) is -2.48. The topological polar surface area (TPSA) is 123 Å². The van der Waals surface area contributed by atoms with Crippen LogP contribution in [0.5, 0.6) is 5.75 Å². The Morgan fingerprint density at radius 2 is 1.65 bits per heavy atom. The summed E-state index contributed by atoms with van der Waals surface area (Å²) in [7, 11) is 0. The normalized spacial score (nSPS) is 11.9. The van der Waals surface area contributed by atoms with Gasteiger partial charge in [0.25, 0.3) is 10.9 Å². The van der Waals surface area contributed by atoms with Crippen molar-refractivity contribution in [3.8, 4) is 5.75 Å². The van der Waals surface area contributed by atoms with E-state index in [1.165, 1.54) is 0 Å². The lowest BCUT2D eigenvalue weighted by Gasteiger charge is -2.14. The molecule has 0 spiro atoms. The third kappa shape index (κ3) is 3.46. The van der Waals surface area contributed by atoms with Crippen LogP contribution in [0.2, 0.25) is 0 Å². The molecule has 3 N–H and O–H groups in total. The van der Waals surface area contributed by atoms with Gasteiger partial charge in [-0.15, -0.1) is 0 Å². The smallest absolute Gasteiger partial charge is 0.322 e. The highest BCUT2D eigenvalue weighted by molar-refractivity contribution is 7.91. The highest BCUT2D eigenvalue weighted by Crippen LogP contribution is 2.33. The van der Waals surface area contributed by atoms with Gasteiger partial charge in [-0.1, -0.05) is 36.4 Å². The molecule has 1 unspecified atom stereocenters. The predicted octanol–water partition coefficient (Wildman–Crippen LogP) is 1.92. The average molecular weight is 370 g/mol. The number of aliphatic carboxylic acids is 1. The van der Waals surface area contributed by atoms with Gasteiger partial charge in [-0.05, 0) is 18.2 Å². The summed E-state index contributed by atoms with van der Waals surface area (Å²) in [5.41, 5.74) is -0.371. The summed E-state index contributed by atoms with van der Waals surface area (Å²) in [4.78, 5) is 27.5. The Balaban J connectivity index is 2.14. The zero-order valence-corrected chi connectivity index (χ0v) is 14.2. The number of fused-ring (bicyclic) bond motifs is 1. The third-order valence-electron chi connectivity index (χ3n) is 3.60. The predicted molar refractivity (Wildman–Crippen MR) is 94.5 cm³/mol. The second-order valence-corrected chi connectivity index (χ2v) is 6.71. The Morgan fingerprint density at radius 3 is 2.31 bits per heavy atom. The Labute approximate surface area is 151 Å². The van der Waals surface area contributed by atoms with Crippen LogP contribution in [0, 0.1) is 0 Å². The highest BCUT2D eigenvalue weighted by Gasteiger charge is 2.26. The van der Waals surface area contributed by atoms with Crippen molar-refractivity contribution in [2.45, 2.75) is 9.92 Å². The second-order valence-electron chi connectivity index (χ2n) is 5.32. The Hall–Kier alpha value is -3.10. The van der Waals surface area contributed by atoms with Gasteiger partial charge in [0, 0.05) is 16.6 Å². The summed E-state index contributed by atoms with van der Waals surface area (Å²) in [6.45, 7) is -0.621. The van der Waals surface area contributed by atoms with Crippen LogP contribution in [0.1, 0.15) is 10.5 Å². The number of aromatic hydroxyl groups is 1. The molecule has 1 heterocycles. The van der Waals surface area contributed by atoms with Crippen LogP contribution in [0.3, 0.4) is 0 Å². The maximum atomic E-state index is 13.0.